The van der Waals surface area contributed by atoms with Crippen LogP contribution in [-0.2, 0) is 0 Å². The van der Waals surface area contributed by atoms with E-state index in [1.165, 1.54) is 0 Å². The molecule has 0 aliphatic carbocycles. The fourth-order valence-electron chi connectivity index (χ4n) is 1.63. The Morgan fingerprint density at radius 2 is 0.810 bits per heavy atom. The normalized spacial score (nSPS) is 25.3. The van der Waals surface area contributed by atoms with Crippen molar-refractivity contribution in [2.45, 2.75) is 61.9 Å². The first-order chi connectivity index (χ1) is 9.56. The minimum atomic E-state index is -2.20. The highest BCUT2D eigenvalue weighted by molar-refractivity contribution is 4.91. The second-order valence-electron chi connectivity index (χ2n) is 4.92. The summed E-state index contributed by atoms with van der Waals surface area (Å²) in [6.45, 7) is 0.187. The van der Waals surface area contributed by atoms with Crippen LogP contribution < -0.4 is 0 Å². The minimum absolute atomic E-state index is 0.924. The van der Waals surface area contributed by atoms with E-state index < -0.39 is 61.5 Å². The first-order valence-corrected chi connectivity index (χ1v) is 6.29. The second-order valence-corrected chi connectivity index (χ2v) is 4.92. The van der Waals surface area contributed by atoms with Crippen molar-refractivity contribution in [1.29, 1.82) is 0 Å². The zero-order valence-electron chi connectivity index (χ0n) is 11.4. The van der Waals surface area contributed by atoms with Gasteiger partial charge in [-0.25, -0.2) is 0 Å². The van der Waals surface area contributed by atoms with Gasteiger partial charge < -0.3 is 51.1 Å². The summed E-state index contributed by atoms with van der Waals surface area (Å²) >= 11 is 0. The van der Waals surface area contributed by atoms with Crippen molar-refractivity contribution in [1.82, 2.24) is 0 Å². The van der Waals surface area contributed by atoms with Crippen LogP contribution >= 0.6 is 0 Å². The predicted molar refractivity (Wildman–Crippen MR) is 66.8 cm³/mol. The maximum Gasteiger partial charge on any atom is 0.111 e. The van der Waals surface area contributed by atoms with E-state index >= 15 is 0 Å². The third-order valence-electron chi connectivity index (χ3n) is 3.18. The quantitative estimate of drug-likeness (QED) is 0.195. The van der Waals surface area contributed by atoms with Gasteiger partial charge in [0.15, 0.2) is 0 Å². The van der Waals surface area contributed by atoms with Gasteiger partial charge in [-0.2, -0.15) is 0 Å². The summed E-state index contributed by atoms with van der Waals surface area (Å²) in [6.07, 6.45) is -17.8. The molecule has 0 saturated carbocycles. The second kappa shape index (κ2) is 8.90. The summed E-state index contributed by atoms with van der Waals surface area (Å²) < 4.78 is 0. The number of rotatable bonds is 9. The average Bonchev–Trinajstić information content (AvgIpc) is 2.48. The van der Waals surface area contributed by atoms with Crippen molar-refractivity contribution in [2.75, 3.05) is 6.61 Å². The molecule has 0 fully saturated rings. The standard InChI is InChI=1S/C11H24O10/c1-3(13)5(15)7(17)9(19)11(21)10(20)8(18)6(16)4(14)2-12/h3-21H,2H2,1H3. The molecule has 0 amide bonds. The largest absolute Gasteiger partial charge is 0.394 e. The summed E-state index contributed by atoms with van der Waals surface area (Å²) in [4.78, 5) is 0. The summed E-state index contributed by atoms with van der Waals surface area (Å²) in [5.41, 5.74) is 0. The highest BCUT2D eigenvalue weighted by Crippen LogP contribution is 2.15. The van der Waals surface area contributed by atoms with Crippen molar-refractivity contribution < 1.29 is 51.1 Å². The van der Waals surface area contributed by atoms with Gasteiger partial charge in [0.05, 0.1) is 12.7 Å². The van der Waals surface area contributed by atoms with Gasteiger partial charge in [0.1, 0.15) is 48.8 Å². The van der Waals surface area contributed by atoms with Gasteiger partial charge in [0.2, 0.25) is 0 Å². The lowest BCUT2D eigenvalue weighted by atomic mass is 9.92. The Labute approximate surface area is 120 Å². The van der Waals surface area contributed by atoms with Crippen LogP contribution in [-0.4, -0.2) is 113 Å². The van der Waals surface area contributed by atoms with Crippen LogP contribution in [0.15, 0.2) is 0 Å². The molecule has 0 rings (SSSR count). The van der Waals surface area contributed by atoms with E-state index in [4.69, 9.17) is 15.3 Å². The highest BCUT2D eigenvalue weighted by atomic mass is 16.4. The maximum absolute atomic E-state index is 9.59. The number of hydrogen-bond donors (Lipinski definition) is 10. The number of aliphatic hydroxyl groups excluding tert-OH is 10. The lowest BCUT2D eigenvalue weighted by Crippen LogP contribution is -2.57. The molecular weight excluding hydrogens is 292 g/mol. The lowest BCUT2D eigenvalue weighted by Gasteiger charge is -2.33. The maximum atomic E-state index is 9.59. The van der Waals surface area contributed by atoms with Gasteiger partial charge in [-0.1, -0.05) is 0 Å². The summed E-state index contributed by atoms with van der Waals surface area (Å²) in [6, 6.07) is 0. The van der Waals surface area contributed by atoms with Gasteiger partial charge in [-0.15, -0.1) is 0 Å². The van der Waals surface area contributed by atoms with Crippen LogP contribution in [0.5, 0.6) is 0 Å². The Kier molecular flexibility index (Phi) is 8.73. The topological polar surface area (TPSA) is 202 Å². The van der Waals surface area contributed by atoms with Crippen LogP contribution in [0.2, 0.25) is 0 Å². The molecule has 0 bridgehead atoms. The Bertz CT molecular complexity index is 288. The van der Waals surface area contributed by atoms with E-state index in [1.807, 2.05) is 0 Å². The third-order valence-corrected chi connectivity index (χ3v) is 3.18. The average molecular weight is 316 g/mol. The Balaban J connectivity index is 4.79. The van der Waals surface area contributed by atoms with Gasteiger partial charge in [0, 0.05) is 0 Å². The fraction of sp³-hybridized carbons (Fsp3) is 1.00. The smallest absolute Gasteiger partial charge is 0.111 e. The van der Waals surface area contributed by atoms with E-state index in [0.717, 1.165) is 6.92 Å². The van der Waals surface area contributed by atoms with Crippen LogP contribution in [0, 0.1) is 0 Å². The molecule has 10 heteroatoms. The first-order valence-electron chi connectivity index (χ1n) is 6.29. The monoisotopic (exact) mass is 316 g/mol. The minimum Gasteiger partial charge on any atom is -0.394 e. The van der Waals surface area contributed by atoms with E-state index in [-0.39, 0.29) is 0 Å². The molecule has 9 unspecified atom stereocenters. The molecule has 0 aliphatic heterocycles. The summed E-state index contributed by atoms with van der Waals surface area (Å²) in [5, 5.41) is 93.1. The van der Waals surface area contributed by atoms with Crippen molar-refractivity contribution in [3.8, 4) is 0 Å². The van der Waals surface area contributed by atoms with Crippen molar-refractivity contribution in [3.05, 3.63) is 0 Å². The molecule has 0 saturated heterocycles. The molecule has 0 spiro atoms. The number of aliphatic hydroxyl groups is 10. The van der Waals surface area contributed by atoms with E-state index in [2.05, 4.69) is 0 Å². The molecule has 0 aliphatic rings. The predicted octanol–water partition coefficient (Wildman–Crippen LogP) is -5.75. The molecule has 0 aromatic carbocycles. The molecule has 128 valence electrons. The van der Waals surface area contributed by atoms with E-state index in [1.54, 1.807) is 0 Å². The van der Waals surface area contributed by atoms with Gasteiger partial charge in [0.25, 0.3) is 0 Å². The first kappa shape index (κ1) is 20.6. The SMILES string of the molecule is CC(O)C(O)C(O)C(O)C(O)C(O)C(O)C(O)C(O)CO. The zero-order valence-corrected chi connectivity index (χ0v) is 11.4. The molecule has 21 heavy (non-hydrogen) atoms. The Morgan fingerprint density at radius 1 is 0.524 bits per heavy atom. The third kappa shape index (κ3) is 5.38. The van der Waals surface area contributed by atoms with Crippen LogP contribution in [0.4, 0.5) is 0 Å². The highest BCUT2D eigenvalue weighted by Gasteiger charge is 2.41. The van der Waals surface area contributed by atoms with Gasteiger partial charge in [-0.05, 0) is 6.92 Å². The van der Waals surface area contributed by atoms with Gasteiger partial charge >= 0.3 is 0 Å². The van der Waals surface area contributed by atoms with E-state index in [9.17, 15) is 35.7 Å². The fourth-order valence-corrected chi connectivity index (χ4v) is 1.63. The molecular formula is C11H24O10. The van der Waals surface area contributed by atoms with Crippen molar-refractivity contribution in [3.63, 3.8) is 0 Å². The Morgan fingerprint density at radius 3 is 1.10 bits per heavy atom. The molecule has 0 aromatic heterocycles. The lowest BCUT2D eigenvalue weighted by molar-refractivity contribution is -0.185. The van der Waals surface area contributed by atoms with Gasteiger partial charge in [-0.3, -0.25) is 0 Å². The Hall–Kier alpha value is -0.400. The van der Waals surface area contributed by atoms with Crippen LogP contribution in [0.25, 0.3) is 0 Å². The van der Waals surface area contributed by atoms with Crippen LogP contribution in [0.1, 0.15) is 6.92 Å². The molecule has 0 radical (unpaired) electrons. The molecule has 0 heterocycles. The molecule has 10 nitrogen and oxygen atoms in total. The van der Waals surface area contributed by atoms with Crippen molar-refractivity contribution in [2.24, 2.45) is 0 Å². The number of hydrogen-bond acceptors (Lipinski definition) is 10. The zero-order chi connectivity index (χ0) is 16.9. The summed E-state index contributed by atoms with van der Waals surface area (Å²) in [7, 11) is 0. The molecule has 9 atom stereocenters. The van der Waals surface area contributed by atoms with Crippen LogP contribution in [0.3, 0.4) is 0 Å². The van der Waals surface area contributed by atoms with E-state index in [0.29, 0.717) is 0 Å². The van der Waals surface area contributed by atoms with Crippen molar-refractivity contribution >= 4 is 0 Å². The molecule has 10 N–H and O–H groups in total. The molecule has 0 aromatic rings. The summed E-state index contributed by atoms with van der Waals surface area (Å²) in [5.74, 6) is 0.